The fourth-order valence-electron chi connectivity index (χ4n) is 2.29. The lowest BCUT2D eigenvalue weighted by Gasteiger charge is -2.30. The maximum Gasteiger partial charge on any atom is 0.407 e. The minimum absolute atomic E-state index is 0.347. The average molecular weight is 335 g/mol. The number of hydrogen-bond acceptors (Lipinski definition) is 5. The maximum absolute atomic E-state index is 11.4. The van der Waals surface area contributed by atoms with E-state index in [1.165, 1.54) is 10.6 Å². The van der Waals surface area contributed by atoms with E-state index in [9.17, 15) is 13.2 Å². The molecule has 130 valence electrons. The Kier molecular flexibility index (Phi) is 7.08. The Labute approximate surface area is 133 Å². The molecule has 1 heterocycles. The Hall–Kier alpha value is -0.860. The zero-order valence-electron chi connectivity index (χ0n) is 14.0. The predicted molar refractivity (Wildman–Crippen MR) is 86.3 cm³/mol. The Bertz CT molecular complexity index is 451. The summed E-state index contributed by atoms with van der Waals surface area (Å²) in [4.78, 5) is 11.4. The molecular weight excluding hydrogens is 306 g/mol. The highest BCUT2D eigenvalue weighted by molar-refractivity contribution is 7.88. The number of rotatable bonds is 6. The molecule has 0 bridgehead atoms. The molecule has 1 aliphatic heterocycles. The van der Waals surface area contributed by atoms with Crippen molar-refractivity contribution in [1.82, 2.24) is 14.9 Å². The molecule has 1 rings (SSSR count). The van der Waals surface area contributed by atoms with Crippen molar-refractivity contribution in [1.29, 1.82) is 0 Å². The molecule has 0 aromatic heterocycles. The number of carbonyl (C=O) groups is 1. The monoisotopic (exact) mass is 335 g/mol. The molecule has 7 nitrogen and oxygen atoms in total. The fraction of sp³-hybridized carbons (Fsp3) is 0.929. The topological polar surface area (TPSA) is 87.7 Å². The Morgan fingerprint density at radius 1 is 1.23 bits per heavy atom. The van der Waals surface area contributed by atoms with Crippen LogP contribution in [0.5, 0.6) is 0 Å². The molecule has 1 aliphatic rings. The zero-order valence-corrected chi connectivity index (χ0v) is 14.8. The summed E-state index contributed by atoms with van der Waals surface area (Å²) in [5.74, 6) is 0. The molecule has 22 heavy (non-hydrogen) atoms. The van der Waals surface area contributed by atoms with Crippen LogP contribution in [0.4, 0.5) is 4.79 Å². The van der Waals surface area contributed by atoms with Gasteiger partial charge in [0, 0.05) is 25.7 Å². The number of ether oxygens (including phenoxy) is 1. The van der Waals surface area contributed by atoms with E-state index < -0.39 is 21.7 Å². The minimum Gasteiger partial charge on any atom is -0.444 e. The molecule has 2 N–H and O–H groups in total. The number of nitrogens with one attached hydrogen (secondary N) is 2. The number of nitrogens with zero attached hydrogens (tertiary/aromatic N) is 1. The van der Waals surface area contributed by atoms with E-state index in [0.717, 1.165) is 25.8 Å². The van der Waals surface area contributed by atoms with Gasteiger partial charge in [-0.1, -0.05) is 0 Å². The predicted octanol–water partition coefficient (Wildman–Crippen LogP) is 0.915. The van der Waals surface area contributed by atoms with Crippen LogP contribution >= 0.6 is 0 Å². The van der Waals surface area contributed by atoms with Crippen molar-refractivity contribution < 1.29 is 17.9 Å². The van der Waals surface area contributed by atoms with Gasteiger partial charge in [-0.05, 0) is 46.6 Å². The molecule has 1 fully saturated rings. The van der Waals surface area contributed by atoms with Gasteiger partial charge in [0.15, 0.2) is 0 Å². The summed E-state index contributed by atoms with van der Waals surface area (Å²) in [7, 11) is -3.06. The van der Waals surface area contributed by atoms with Crippen molar-refractivity contribution >= 4 is 16.1 Å². The summed E-state index contributed by atoms with van der Waals surface area (Å²) >= 11 is 0. The van der Waals surface area contributed by atoms with Gasteiger partial charge >= 0.3 is 6.09 Å². The molecule has 0 unspecified atom stereocenters. The van der Waals surface area contributed by atoms with Crippen LogP contribution in [0.25, 0.3) is 0 Å². The van der Waals surface area contributed by atoms with Gasteiger partial charge in [0.1, 0.15) is 5.60 Å². The summed E-state index contributed by atoms with van der Waals surface area (Å²) in [6, 6.07) is 0.347. The van der Waals surface area contributed by atoms with Crippen LogP contribution in [-0.2, 0) is 14.8 Å². The summed E-state index contributed by atoms with van der Waals surface area (Å²) in [5.41, 5.74) is -0.476. The highest BCUT2D eigenvalue weighted by Gasteiger charge is 2.24. The zero-order chi connectivity index (χ0) is 16.8. The Morgan fingerprint density at radius 3 is 2.32 bits per heavy atom. The minimum atomic E-state index is -3.06. The van der Waals surface area contributed by atoms with Crippen LogP contribution in [0.3, 0.4) is 0 Å². The van der Waals surface area contributed by atoms with Gasteiger partial charge in [0.25, 0.3) is 0 Å². The van der Waals surface area contributed by atoms with Gasteiger partial charge in [-0.25, -0.2) is 17.5 Å². The normalized spacial score (nSPS) is 18.2. The van der Waals surface area contributed by atoms with Crippen LogP contribution < -0.4 is 10.6 Å². The molecule has 0 radical (unpaired) electrons. The fourth-order valence-corrected chi connectivity index (χ4v) is 3.16. The third-order valence-corrected chi connectivity index (χ3v) is 4.68. The van der Waals surface area contributed by atoms with Crippen LogP contribution in [0.15, 0.2) is 0 Å². The van der Waals surface area contributed by atoms with Crippen LogP contribution in [-0.4, -0.2) is 62.9 Å². The standard InChI is InChI=1S/C14H29N3O4S/c1-14(2,3)21-13(18)16-9-5-8-15-12-6-10-17(11-7-12)22(4,19)20/h12,15H,5-11H2,1-4H3,(H,16,18). The average Bonchev–Trinajstić information content (AvgIpc) is 2.35. The van der Waals surface area contributed by atoms with E-state index in [1.807, 2.05) is 20.8 Å². The Balaban J connectivity index is 2.08. The summed E-state index contributed by atoms with van der Waals surface area (Å²) in [6.07, 6.45) is 3.32. The molecule has 0 atom stereocenters. The number of amides is 1. The Morgan fingerprint density at radius 2 is 1.82 bits per heavy atom. The lowest BCUT2D eigenvalue weighted by Crippen LogP contribution is -2.45. The molecular formula is C14H29N3O4S. The lowest BCUT2D eigenvalue weighted by atomic mass is 10.1. The number of piperidine rings is 1. The third-order valence-electron chi connectivity index (χ3n) is 3.38. The van der Waals surface area contributed by atoms with Gasteiger partial charge < -0.3 is 15.4 Å². The first-order chi connectivity index (χ1) is 10.1. The van der Waals surface area contributed by atoms with Crippen molar-refractivity contribution in [3.05, 3.63) is 0 Å². The quantitative estimate of drug-likeness (QED) is 0.705. The number of sulfonamides is 1. The van der Waals surface area contributed by atoms with Crippen molar-refractivity contribution in [3.63, 3.8) is 0 Å². The molecule has 0 aliphatic carbocycles. The van der Waals surface area contributed by atoms with E-state index >= 15 is 0 Å². The lowest BCUT2D eigenvalue weighted by molar-refractivity contribution is 0.0527. The number of alkyl carbamates (subject to hydrolysis) is 1. The molecule has 1 amide bonds. The maximum atomic E-state index is 11.4. The second-order valence-corrected chi connectivity index (χ2v) is 8.66. The van der Waals surface area contributed by atoms with Gasteiger partial charge in [0.05, 0.1) is 6.26 Å². The second-order valence-electron chi connectivity index (χ2n) is 6.67. The second kappa shape index (κ2) is 8.12. The molecule has 0 spiro atoms. The van der Waals surface area contributed by atoms with Crippen molar-refractivity contribution in [2.75, 3.05) is 32.4 Å². The molecule has 0 aromatic carbocycles. The van der Waals surface area contributed by atoms with E-state index in [1.54, 1.807) is 0 Å². The number of carbonyl (C=O) groups excluding carboxylic acids is 1. The van der Waals surface area contributed by atoms with E-state index in [4.69, 9.17) is 4.74 Å². The van der Waals surface area contributed by atoms with Gasteiger partial charge in [-0.3, -0.25) is 0 Å². The molecule has 1 saturated heterocycles. The highest BCUT2D eigenvalue weighted by Crippen LogP contribution is 2.13. The SMILES string of the molecule is CC(C)(C)OC(=O)NCCCNC1CCN(S(C)(=O)=O)CC1. The van der Waals surface area contributed by atoms with E-state index in [2.05, 4.69) is 10.6 Å². The summed E-state index contributed by atoms with van der Waals surface area (Å²) in [5, 5.41) is 6.12. The first-order valence-electron chi connectivity index (χ1n) is 7.73. The molecule has 8 heteroatoms. The van der Waals surface area contributed by atoms with Crippen LogP contribution in [0.1, 0.15) is 40.0 Å². The summed E-state index contributed by atoms with van der Waals surface area (Å²) < 4.78 is 29.5. The van der Waals surface area contributed by atoms with Crippen molar-refractivity contribution in [3.8, 4) is 0 Å². The van der Waals surface area contributed by atoms with Crippen LogP contribution in [0.2, 0.25) is 0 Å². The van der Waals surface area contributed by atoms with Crippen molar-refractivity contribution in [2.45, 2.75) is 51.7 Å². The van der Waals surface area contributed by atoms with E-state index in [-0.39, 0.29) is 0 Å². The van der Waals surface area contributed by atoms with Gasteiger partial charge in [0.2, 0.25) is 10.0 Å². The first kappa shape index (κ1) is 19.2. The third kappa shape index (κ3) is 7.95. The van der Waals surface area contributed by atoms with E-state index in [0.29, 0.717) is 25.7 Å². The molecule has 0 aromatic rings. The smallest absolute Gasteiger partial charge is 0.407 e. The largest absolute Gasteiger partial charge is 0.444 e. The van der Waals surface area contributed by atoms with Gasteiger partial charge in [-0.15, -0.1) is 0 Å². The number of hydrogen-bond donors (Lipinski definition) is 2. The highest BCUT2D eigenvalue weighted by atomic mass is 32.2. The summed E-state index contributed by atoms with van der Waals surface area (Å²) in [6.45, 7) is 7.99. The molecule has 0 saturated carbocycles. The van der Waals surface area contributed by atoms with Gasteiger partial charge in [-0.2, -0.15) is 0 Å². The van der Waals surface area contributed by atoms with Crippen LogP contribution in [0, 0.1) is 0 Å². The van der Waals surface area contributed by atoms with Crippen molar-refractivity contribution in [2.24, 2.45) is 0 Å². The first-order valence-corrected chi connectivity index (χ1v) is 9.58.